The number of nitrogens with zero attached hydrogens (tertiary/aromatic N) is 1. The molecule has 5 rings (SSSR count). The van der Waals surface area contributed by atoms with Crippen LogP contribution in [0, 0.1) is 6.92 Å². The second-order valence-corrected chi connectivity index (χ2v) is 12.5. The highest BCUT2D eigenvalue weighted by atomic mass is 32.2. The van der Waals surface area contributed by atoms with E-state index >= 15 is 0 Å². The minimum atomic E-state index is -3.88. The lowest BCUT2D eigenvalue weighted by atomic mass is 10.1. The predicted molar refractivity (Wildman–Crippen MR) is 159 cm³/mol. The topological polar surface area (TPSA) is 171 Å². The Kier molecular flexibility index (Phi) is 9.09. The van der Waals surface area contributed by atoms with Crippen LogP contribution in [0.25, 0.3) is 10.8 Å². The molecule has 230 valence electrons. The number of hydrogen-bond acceptors (Lipinski definition) is 8. The standard InChI is InChI=1S/C31H32N4O8S/c1-19-5-4-8-24(13-19)44(41,42)32-16-20-9-12-25(34-29(38)23-11-10-21-6-2-3-7-22(21)14-23)30(39)35(17-20)18-27(36)33-26-15-28(37)43-31(26)40/h2-11,13-14,25-26,31-32,40H,12,15-18H2,1H3,(H,33,36)(H,34,38). The van der Waals surface area contributed by atoms with Gasteiger partial charge in [0.2, 0.25) is 28.1 Å². The van der Waals surface area contributed by atoms with Crippen molar-refractivity contribution < 1.29 is 37.4 Å². The highest BCUT2D eigenvalue weighted by Crippen LogP contribution is 2.19. The Morgan fingerprint density at radius 3 is 2.50 bits per heavy atom. The first-order valence-electron chi connectivity index (χ1n) is 14.0. The molecule has 44 heavy (non-hydrogen) atoms. The third-order valence-electron chi connectivity index (χ3n) is 7.42. The molecule has 3 aromatic carbocycles. The van der Waals surface area contributed by atoms with Crippen LogP contribution in [-0.2, 0) is 29.1 Å². The number of aliphatic hydroxyl groups is 1. The smallest absolute Gasteiger partial charge is 0.310 e. The number of nitrogens with one attached hydrogen (secondary N) is 3. The summed E-state index contributed by atoms with van der Waals surface area (Å²) in [6.07, 6.45) is -0.00189. The fraction of sp³-hybridized carbons (Fsp3) is 0.290. The predicted octanol–water partition coefficient (Wildman–Crippen LogP) is 1.13. The summed E-state index contributed by atoms with van der Waals surface area (Å²) in [5.41, 5.74) is 1.62. The summed E-state index contributed by atoms with van der Waals surface area (Å²) in [7, 11) is -3.88. The Labute approximate surface area is 254 Å². The van der Waals surface area contributed by atoms with E-state index in [2.05, 4.69) is 20.1 Å². The van der Waals surface area contributed by atoms with E-state index in [0.717, 1.165) is 16.3 Å². The lowest BCUT2D eigenvalue weighted by Crippen LogP contribution is -2.52. The average molecular weight is 621 g/mol. The highest BCUT2D eigenvalue weighted by molar-refractivity contribution is 7.89. The molecule has 3 atom stereocenters. The van der Waals surface area contributed by atoms with Crippen LogP contribution in [0.4, 0.5) is 0 Å². The molecular weight excluding hydrogens is 588 g/mol. The maximum atomic E-state index is 13.7. The average Bonchev–Trinajstić information content (AvgIpc) is 3.23. The molecule has 4 N–H and O–H groups in total. The minimum absolute atomic E-state index is 0.0570. The van der Waals surface area contributed by atoms with Gasteiger partial charge in [0.1, 0.15) is 12.1 Å². The monoisotopic (exact) mass is 620 g/mol. The van der Waals surface area contributed by atoms with E-state index in [1.807, 2.05) is 24.3 Å². The number of sulfonamides is 1. The van der Waals surface area contributed by atoms with Crippen LogP contribution in [0.2, 0.25) is 0 Å². The van der Waals surface area contributed by atoms with Crippen molar-refractivity contribution in [1.82, 2.24) is 20.3 Å². The number of amides is 3. The van der Waals surface area contributed by atoms with Crippen LogP contribution >= 0.6 is 0 Å². The molecule has 0 radical (unpaired) electrons. The summed E-state index contributed by atoms with van der Waals surface area (Å²) in [4.78, 5) is 52.5. The van der Waals surface area contributed by atoms with Crippen molar-refractivity contribution >= 4 is 44.5 Å². The SMILES string of the molecule is Cc1cccc(S(=O)(=O)NCC2=CCC(NC(=O)c3ccc4ccccc4c3)C(=O)N(CC(=O)NC3CC(=O)OC3O)C2)c1. The number of carbonyl (C=O) groups excluding carboxylic acids is 4. The van der Waals surface area contributed by atoms with E-state index in [1.165, 1.54) is 17.0 Å². The van der Waals surface area contributed by atoms with Crippen molar-refractivity contribution in [2.24, 2.45) is 0 Å². The largest absolute Gasteiger partial charge is 0.434 e. The van der Waals surface area contributed by atoms with Crippen LogP contribution in [0.5, 0.6) is 0 Å². The van der Waals surface area contributed by atoms with Crippen molar-refractivity contribution in [2.75, 3.05) is 19.6 Å². The van der Waals surface area contributed by atoms with Crippen LogP contribution < -0.4 is 15.4 Å². The van der Waals surface area contributed by atoms with Gasteiger partial charge in [-0.05, 0) is 59.5 Å². The number of benzene rings is 3. The maximum absolute atomic E-state index is 13.7. The molecule has 1 saturated heterocycles. The summed E-state index contributed by atoms with van der Waals surface area (Å²) in [6, 6.07) is 17.1. The molecule has 12 nitrogen and oxygen atoms in total. The molecule has 0 aliphatic carbocycles. The number of aryl methyl sites for hydroxylation is 1. The lowest BCUT2D eigenvalue weighted by Gasteiger charge is -2.26. The van der Waals surface area contributed by atoms with Crippen LogP contribution in [-0.4, -0.2) is 80.1 Å². The zero-order valence-electron chi connectivity index (χ0n) is 23.9. The van der Waals surface area contributed by atoms with Gasteiger partial charge in [-0.2, -0.15) is 0 Å². The number of rotatable bonds is 9. The molecule has 2 heterocycles. The molecular formula is C31H32N4O8S. The van der Waals surface area contributed by atoms with Gasteiger partial charge in [-0.15, -0.1) is 0 Å². The summed E-state index contributed by atoms with van der Waals surface area (Å²) >= 11 is 0. The fourth-order valence-corrected chi connectivity index (χ4v) is 6.24. The van der Waals surface area contributed by atoms with Gasteiger partial charge in [0.25, 0.3) is 5.91 Å². The molecule has 3 aromatic rings. The second kappa shape index (κ2) is 13.0. The summed E-state index contributed by atoms with van der Waals surface area (Å²) in [6.45, 7) is 1.06. The molecule has 2 aliphatic heterocycles. The fourth-order valence-electron chi connectivity index (χ4n) is 5.09. The van der Waals surface area contributed by atoms with Crippen molar-refractivity contribution in [1.29, 1.82) is 0 Å². The second-order valence-electron chi connectivity index (χ2n) is 10.8. The molecule has 13 heteroatoms. The number of ether oxygens (including phenoxy) is 1. The van der Waals surface area contributed by atoms with Gasteiger partial charge in [-0.3, -0.25) is 19.2 Å². The van der Waals surface area contributed by atoms with Crippen LogP contribution in [0.1, 0.15) is 28.8 Å². The first-order valence-corrected chi connectivity index (χ1v) is 15.5. The molecule has 0 aromatic heterocycles. The van der Waals surface area contributed by atoms with E-state index in [0.29, 0.717) is 11.1 Å². The van der Waals surface area contributed by atoms with Crippen molar-refractivity contribution in [3.63, 3.8) is 0 Å². The van der Waals surface area contributed by atoms with Gasteiger partial charge in [-0.1, -0.05) is 48.5 Å². The Morgan fingerprint density at radius 2 is 1.77 bits per heavy atom. The Balaban J connectivity index is 1.33. The van der Waals surface area contributed by atoms with E-state index in [-0.39, 0.29) is 30.8 Å². The van der Waals surface area contributed by atoms with Gasteiger partial charge in [0, 0.05) is 18.7 Å². The molecule has 3 amide bonds. The van der Waals surface area contributed by atoms with Crippen LogP contribution in [0.15, 0.2) is 83.3 Å². The van der Waals surface area contributed by atoms with Gasteiger partial charge < -0.3 is 25.4 Å². The number of fused-ring (bicyclic) bond motifs is 1. The van der Waals surface area contributed by atoms with E-state index in [9.17, 15) is 32.7 Å². The quantitative estimate of drug-likeness (QED) is 0.204. The third kappa shape index (κ3) is 7.30. The van der Waals surface area contributed by atoms with Gasteiger partial charge in [0.05, 0.1) is 17.9 Å². The zero-order chi connectivity index (χ0) is 31.4. The summed E-state index contributed by atoms with van der Waals surface area (Å²) in [5, 5.41) is 16.9. The van der Waals surface area contributed by atoms with Gasteiger partial charge >= 0.3 is 5.97 Å². The van der Waals surface area contributed by atoms with E-state index in [1.54, 1.807) is 43.3 Å². The first kappa shape index (κ1) is 30.9. The first-order chi connectivity index (χ1) is 21.0. The number of aliphatic hydroxyl groups excluding tert-OH is 1. The summed E-state index contributed by atoms with van der Waals surface area (Å²) < 4.78 is 33.1. The molecule has 3 unspecified atom stereocenters. The number of hydrogen-bond donors (Lipinski definition) is 4. The van der Waals surface area contributed by atoms with Gasteiger partial charge in [0.15, 0.2) is 0 Å². The van der Waals surface area contributed by atoms with Crippen LogP contribution in [0.3, 0.4) is 0 Å². The lowest BCUT2D eigenvalue weighted by molar-refractivity contribution is -0.155. The Bertz CT molecular complexity index is 1760. The molecule has 0 spiro atoms. The third-order valence-corrected chi connectivity index (χ3v) is 8.81. The minimum Gasteiger partial charge on any atom is -0.434 e. The highest BCUT2D eigenvalue weighted by Gasteiger charge is 2.36. The van der Waals surface area contributed by atoms with E-state index < -0.39 is 58.6 Å². The Morgan fingerprint density at radius 1 is 1.00 bits per heavy atom. The molecule has 1 fully saturated rings. The van der Waals surface area contributed by atoms with Crippen molar-refractivity contribution in [2.45, 2.75) is 43.0 Å². The number of carbonyl (C=O) groups is 4. The van der Waals surface area contributed by atoms with E-state index in [4.69, 9.17) is 0 Å². The molecule has 2 aliphatic rings. The zero-order valence-corrected chi connectivity index (χ0v) is 24.7. The van der Waals surface area contributed by atoms with Crippen molar-refractivity contribution in [3.8, 4) is 0 Å². The maximum Gasteiger partial charge on any atom is 0.310 e. The summed E-state index contributed by atoms with van der Waals surface area (Å²) in [5.74, 6) is -2.38. The Hall–Kier alpha value is -4.59. The van der Waals surface area contributed by atoms with Crippen molar-refractivity contribution in [3.05, 3.63) is 89.5 Å². The number of esters is 1. The number of cyclic esters (lactones) is 1. The normalized spacial score (nSPS) is 20.5. The molecule has 0 saturated carbocycles. The van der Waals surface area contributed by atoms with Gasteiger partial charge in [-0.25, -0.2) is 13.1 Å². The molecule has 0 bridgehead atoms.